The van der Waals surface area contributed by atoms with Crippen molar-refractivity contribution in [2.24, 2.45) is 0 Å². The van der Waals surface area contributed by atoms with Crippen LogP contribution in [0.5, 0.6) is 5.88 Å². The fraction of sp³-hybridized carbons (Fsp3) is 0.400. The molecule has 0 atom stereocenters. The van der Waals surface area contributed by atoms with Crippen molar-refractivity contribution in [1.29, 1.82) is 0 Å². The Labute approximate surface area is 95.4 Å². The lowest BCUT2D eigenvalue weighted by Crippen LogP contribution is -2.19. The molecule has 0 saturated carbocycles. The molecule has 0 aliphatic heterocycles. The van der Waals surface area contributed by atoms with Gasteiger partial charge >= 0.3 is 6.18 Å². The topological polar surface area (TPSA) is 48.4 Å². The standard InChI is InChI=1S/C10H10F3NO3/c11-10(12,13)7-16-3-4-17-9-2-1-8(6-15)5-14-9/h1-2,5-6H,3-4,7H2. The summed E-state index contributed by atoms with van der Waals surface area (Å²) >= 11 is 0. The second kappa shape index (κ2) is 6.19. The van der Waals surface area contributed by atoms with E-state index in [0.717, 1.165) is 0 Å². The summed E-state index contributed by atoms with van der Waals surface area (Å²) in [5.74, 6) is 0.228. The summed E-state index contributed by atoms with van der Waals surface area (Å²) < 4.78 is 44.4. The van der Waals surface area contributed by atoms with Crippen LogP contribution in [0.25, 0.3) is 0 Å². The van der Waals surface area contributed by atoms with Gasteiger partial charge in [-0.05, 0) is 6.07 Å². The fourth-order valence-electron chi connectivity index (χ4n) is 0.940. The zero-order valence-corrected chi connectivity index (χ0v) is 8.74. The average Bonchev–Trinajstić information content (AvgIpc) is 2.28. The van der Waals surface area contributed by atoms with Gasteiger partial charge in [0.15, 0.2) is 6.29 Å². The van der Waals surface area contributed by atoms with Crippen LogP contribution in [0.4, 0.5) is 13.2 Å². The van der Waals surface area contributed by atoms with E-state index in [1.807, 2.05) is 0 Å². The van der Waals surface area contributed by atoms with Crippen molar-refractivity contribution < 1.29 is 27.4 Å². The zero-order chi connectivity index (χ0) is 12.7. The van der Waals surface area contributed by atoms with Crippen molar-refractivity contribution >= 4 is 6.29 Å². The van der Waals surface area contributed by atoms with Gasteiger partial charge in [0.2, 0.25) is 5.88 Å². The van der Waals surface area contributed by atoms with Crippen LogP contribution in [0.2, 0.25) is 0 Å². The number of carbonyl (C=O) groups excluding carboxylic acids is 1. The van der Waals surface area contributed by atoms with Crippen molar-refractivity contribution in [2.75, 3.05) is 19.8 Å². The number of ether oxygens (including phenoxy) is 2. The van der Waals surface area contributed by atoms with Crippen LogP contribution in [0, 0.1) is 0 Å². The van der Waals surface area contributed by atoms with E-state index in [9.17, 15) is 18.0 Å². The summed E-state index contributed by atoms with van der Waals surface area (Å²) in [7, 11) is 0. The molecule has 0 amide bonds. The molecule has 0 N–H and O–H groups in total. The highest BCUT2D eigenvalue weighted by atomic mass is 19.4. The first kappa shape index (κ1) is 13.4. The van der Waals surface area contributed by atoms with Crippen LogP contribution in [0.3, 0.4) is 0 Å². The molecule has 4 nitrogen and oxygen atoms in total. The molecular formula is C10H10F3NO3. The lowest BCUT2D eigenvalue weighted by molar-refractivity contribution is -0.175. The number of hydrogen-bond acceptors (Lipinski definition) is 4. The molecule has 0 fully saturated rings. The Morgan fingerprint density at radius 1 is 1.29 bits per heavy atom. The van der Waals surface area contributed by atoms with Crippen LogP contribution in [-0.2, 0) is 4.74 Å². The van der Waals surface area contributed by atoms with E-state index in [1.54, 1.807) is 0 Å². The molecule has 1 heterocycles. The third kappa shape index (κ3) is 5.86. The molecule has 0 saturated heterocycles. The van der Waals surface area contributed by atoms with E-state index < -0.39 is 12.8 Å². The van der Waals surface area contributed by atoms with Gasteiger partial charge in [0, 0.05) is 17.8 Å². The van der Waals surface area contributed by atoms with E-state index >= 15 is 0 Å². The monoisotopic (exact) mass is 249 g/mol. The smallest absolute Gasteiger partial charge is 0.411 e. The molecule has 1 aromatic rings. The minimum absolute atomic E-state index is 0.0382. The lowest BCUT2D eigenvalue weighted by Gasteiger charge is -2.08. The highest BCUT2D eigenvalue weighted by molar-refractivity contribution is 5.73. The molecule has 7 heteroatoms. The van der Waals surface area contributed by atoms with E-state index in [1.165, 1.54) is 18.3 Å². The van der Waals surface area contributed by atoms with Gasteiger partial charge in [0.25, 0.3) is 0 Å². The van der Waals surface area contributed by atoms with Crippen molar-refractivity contribution in [3.8, 4) is 5.88 Å². The minimum atomic E-state index is -4.33. The van der Waals surface area contributed by atoms with Crippen molar-refractivity contribution in [3.05, 3.63) is 23.9 Å². The Hall–Kier alpha value is -1.63. The first-order valence-electron chi connectivity index (χ1n) is 4.70. The SMILES string of the molecule is O=Cc1ccc(OCCOCC(F)(F)F)nc1. The third-order valence-electron chi connectivity index (χ3n) is 1.64. The Kier molecular flexibility index (Phi) is 4.89. The van der Waals surface area contributed by atoms with Crippen LogP contribution >= 0.6 is 0 Å². The number of aldehydes is 1. The molecule has 0 aliphatic rings. The number of pyridine rings is 1. The molecule has 0 aliphatic carbocycles. The number of hydrogen-bond donors (Lipinski definition) is 0. The van der Waals surface area contributed by atoms with Gasteiger partial charge in [0.05, 0.1) is 6.61 Å². The molecule has 17 heavy (non-hydrogen) atoms. The normalized spacial score (nSPS) is 11.2. The van der Waals surface area contributed by atoms with Crippen LogP contribution in [-0.4, -0.2) is 37.3 Å². The number of nitrogens with zero attached hydrogens (tertiary/aromatic N) is 1. The molecule has 1 aromatic heterocycles. The largest absolute Gasteiger partial charge is 0.475 e. The highest BCUT2D eigenvalue weighted by Crippen LogP contribution is 2.14. The van der Waals surface area contributed by atoms with Gasteiger partial charge in [-0.25, -0.2) is 4.98 Å². The Balaban J connectivity index is 2.20. The number of carbonyl (C=O) groups is 1. The Bertz CT molecular complexity index is 351. The van der Waals surface area contributed by atoms with Gasteiger partial charge in [-0.3, -0.25) is 4.79 Å². The summed E-state index contributed by atoms with van der Waals surface area (Å²) in [6.07, 6.45) is -2.40. The van der Waals surface area contributed by atoms with Gasteiger partial charge in [-0.1, -0.05) is 0 Å². The van der Waals surface area contributed by atoms with E-state index in [4.69, 9.17) is 4.74 Å². The predicted octanol–water partition coefficient (Wildman–Crippen LogP) is 1.85. The van der Waals surface area contributed by atoms with Crippen molar-refractivity contribution in [2.45, 2.75) is 6.18 Å². The second-order valence-electron chi connectivity index (χ2n) is 3.06. The van der Waals surface area contributed by atoms with E-state index in [0.29, 0.717) is 11.8 Å². The number of alkyl halides is 3. The first-order chi connectivity index (χ1) is 8.01. The Morgan fingerprint density at radius 3 is 2.59 bits per heavy atom. The molecular weight excluding hydrogens is 239 g/mol. The minimum Gasteiger partial charge on any atom is -0.475 e. The summed E-state index contributed by atoms with van der Waals surface area (Å²) in [4.78, 5) is 14.1. The molecule has 0 unspecified atom stereocenters. The molecule has 0 aromatic carbocycles. The van der Waals surface area contributed by atoms with Gasteiger partial charge in [-0.15, -0.1) is 0 Å². The summed E-state index contributed by atoms with van der Waals surface area (Å²) in [5.41, 5.74) is 0.394. The van der Waals surface area contributed by atoms with E-state index in [2.05, 4.69) is 9.72 Å². The molecule has 0 radical (unpaired) electrons. The maximum atomic E-state index is 11.7. The van der Waals surface area contributed by atoms with Gasteiger partial charge in [0.1, 0.15) is 13.2 Å². The third-order valence-corrected chi connectivity index (χ3v) is 1.64. The maximum absolute atomic E-state index is 11.7. The van der Waals surface area contributed by atoms with Gasteiger partial charge < -0.3 is 9.47 Å². The molecule has 94 valence electrons. The fourth-order valence-corrected chi connectivity index (χ4v) is 0.940. The number of aromatic nitrogens is 1. The van der Waals surface area contributed by atoms with Crippen molar-refractivity contribution in [3.63, 3.8) is 0 Å². The molecule has 1 rings (SSSR count). The van der Waals surface area contributed by atoms with Crippen LogP contribution < -0.4 is 4.74 Å². The zero-order valence-electron chi connectivity index (χ0n) is 8.74. The average molecular weight is 249 g/mol. The number of rotatable bonds is 6. The number of halogens is 3. The summed E-state index contributed by atoms with van der Waals surface area (Å²) in [5, 5.41) is 0. The van der Waals surface area contributed by atoms with Crippen LogP contribution in [0.15, 0.2) is 18.3 Å². The lowest BCUT2D eigenvalue weighted by atomic mass is 10.3. The molecule has 0 spiro atoms. The summed E-state index contributed by atoms with van der Waals surface area (Å²) in [6.45, 7) is -1.52. The molecule has 0 bridgehead atoms. The second-order valence-corrected chi connectivity index (χ2v) is 3.06. The quantitative estimate of drug-likeness (QED) is 0.570. The predicted molar refractivity (Wildman–Crippen MR) is 52.0 cm³/mol. The summed E-state index contributed by atoms with van der Waals surface area (Å²) in [6, 6.07) is 2.94. The van der Waals surface area contributed by atoms with Crippen molar-refractivity contribution in [1.82, 2.24) is 4.98 Å². The Morgan fingerprint density at radius 2 is 2.06 bits per heavy atom. The maximum Gasteiger partial charge on any atom is 0.411 e. The first-order valence-corrected chi connectivity index (χ1v) is 4.70. The van der Waals surface area contributed by atoms with E-state index in [-0.39, 0.29) is 19.1 Å². The van der Waals surface area contributed by atoms with Gasteiger partial charge in [-0.2, -0.15) is 13.2 Å². The van der Waals surface area contributed by atoms with Crippen LogP contribution in [0.1, 0.15) is 10.4 Å². The highest BCUT2D eigenvalue weighted by Gasteiger charge is 2.27.